The Kier molecular flexibility index (Phi) is 6.08. The van der Waals surface area contributed by atoms with E-state index in [1.54, 1.807) is 11.0 Å². The Bertz CT molecular complexity index is 828. The number of carbonyl (C=O) groups excluding carboxylic acids is 1. The molecule has 0 aliphatic heterocycles. The highest BCUT2D eigenvalue weighted by molar-refractivity contribution is 5.76. The van der Waals surface area contributed by atoms with Crippen LogP contribution in [0, 0.1) is 0 Å². The molecule has 26 heavy (non-hydrogen) atoms. The molecule has 0 spiro atoms. The van der Waals surface area contributed by atoms with Gasteiger partial charge < -0.3 is 9.84 Å². The number of amides is 1. The number of aryl methyl sites for hydroxylation is 2. The third-order valence-corrected chi connectivity index (χ3v) is 3.94. The minimum Gasteiger partial charge on any atom is -0.352 e. The van der Waals surface area contributed by atoms with Crippen LogP contribution in [0.5, 0.6) is 0 Å². The molecule has 8 heteroatoms. The highest BCUT2D eigenvalue weighted by Gasteiger charge is 2.10. The van der Waals surface area contributed by atoms with E-state index >= 15 is 0 Å². The summed E-state index contributed by atoms with van der Waals surface area (Å²) in [6.07, 6.45) is 5.70. The van der Waals surface area contributed by atoms with Gasteiger partial charge in [0.05, 0.1) is 6.54 Å². The highest BCUT2D eigenvalue weighted by Crippen LogP contribution is 2.10. The van der Waals surface area contributed by atoms with Crippen molar-refractivity contribution in [2.45, 2.75) is 45.7 Å². The molecule has 1 aromatic carbocycles. The molecule has 1 N–H and O–H groups in total. The molecule has 1 amide bonds. The molecule has 0 atom stereocenters. The molecule has 3 aromatic rings. The van der Waals surface area contributed by atoms with Crippen LogP contribution in [-0.4, -0.2) is 30.8 Å². The zero-order valence-electron chi connectivity index (χ0n) is 14.8. The van der Waals surface area contributed by atoms with E-state index in [0.29, 0.717) is 37.6 Å². The molecule has 0 radical (unpaired) electrons. The van der Waals surface area contributed by atoms with Crippen molar-refractivity contribution in [2.24, 2.45) is 0 Å². The Morgan fingerprint density at radius 2 is 2.08 bits per heavy atom. The lowest BCUT2D eigenvalue weighted by Crippen LogP contribution is -2.24. The van der Waals surface area contributed by atoms with E-state index in [4.69, 9.17) is 4.52 Å². The highest BCUT2D eigenvalue weighted by atomic mass is 16.5. The van der Waals surface area contributed by atoms with Gasteiger partial charge in [-0.25, -0.2) is 9.67 Å². The van der Waals surface area contributed by atoms with Gasteiger partial charge in [-0.05, 0) is 17.5 Å². The lowest BCUT2D eigenvalue weighted by Gasteiger charge is -2.10. The van der Waals surface area contributed by atoms with Crippen molar-refractivity contribution >= 4 is 5.91 Å². The molecule has 0 bridgehead atoms. The van der Waals surface area contributed by atoms with E-state index < -0.39 is 0 Å². The second kappa shape index (κ2) is 8.89. The number of hydrogen-bond donors (Lipinski definition) is 1. The third-order valence-electron chi connectivity index (χ3n) is 3.94. The average Bonchev–Trinajstić information content (AvgIpc) is 3.31. The Labute approximate surface area is 151 Å². The number of hydrogen-bond acceptors (Lipinski definition) is 6. The van der Waals surface area contributed by atoms with Crippen molar-refractivity contribution in [3.63, 3.8) is 0 Å². The van der Waals surface area contributed by atoms with Crippen LogP contribution in [0.15, 0.2) is 41.4 Å². The summed E-state index contributed by atoms with van der Waals surface area (Å²) in [5.74, 6) is 1.16. The number of aromatic nitrogens is 5. The molecule has 2 aromatic heterocycles. The third kappa shape index (κ3) is 4.98. The summed E-state index contributed by atoms with van der Waals surface area (Å²) < 4.78 is 6.91. The molecule has 0 aliphatic carbocycles. The average molecular weight is 354 g/mol. The number of carbonyl (C=O) groups is 1. The molecule has 0 fully saturated rings. The van der Waals surface area contributed by atoms with Gasteiger partial charge in [-0.1, -0.05) is 36.3 Å². The largest absolute Gasteiger partial charge is 0.352 e. The smallest absolute Gasteiger partial charge is 0.227 e. The first-order valence-electron chi connectivity index (χ1n) is 8.72. The fraction of sp³-hybridized carbons (Fsp3) is 0.389. The molecule has 0 saturated carbocycles. The summed E-state index contributed by atoms with van der Waals surface area (Å²) in [5.41, 5.74) is 2.15. The van der Waals surface area contributed by atoms with Crippen molar-refractivity contribution < 1.29 is 9.32 Å². The van der Waals surface area contributed by atoms with Gasteiger partial charge in [0.25, 0.3) is 0 Å². The fourth-order valence-electron chi connectivity index (χ4n) is 2.59. The first-order chi connectivity index (χ1) is 12.7. The maximum atomic E-state index is 12.1. The number of rotatable bonds is 9. The summed E-state index contributed by atoms with van der Waals surface area (Å²) in [7, 11) is 0. The minimum absolute atomic E-state index is 0.0456. The van der Waals surface area contributed by atoms with Gasteiger partial charge in [0.2, 0.25) is 11.8 Å². The second-order valence-electron chi connectivity index (χ2n) is 5.99. The Morgan fingerprint density at radius 1 is 1.23 bits per heavy atom. The lowest BCUT2D eigenvalue weighted by molar-refractivity contribution is -0.121. The summed E-state index contributed by atoms with van der Waals surface area (Å²) in [5, 5.41) is 11.0. The van der Waals surface area contributed by atoms with Gasteiger partial charge >= 0.3 is 0 Å². The SMILES string of the molecule is CCCc1noc(CCC(=O)NCc2ccccc2Cn2cncn2)n1. The van der Waals surface area contributed by atoms with Crippen molar-refractivity contribution in [2.75, 3.05) is 0 Å². The van der Waals surface area contributed by atoms with Gasteiger partial charge in [-0.3, -0.25) is 4.79 Å². The van der Waals surface area contributed by atoms with Crippen LogP contribution < -0.4 is 5.32 Å². The monoisotopic (exact) mass is 354 g/mol. The molecular formula is C18H22N6O2. The zero-order valence-corrected chi connectivity index (χ0v) is 14.8. The molecule has 3 rings (SSSR count). The van der Waals surface area contributed by atoms with Crippen LogP contribution in [0.4, 0.5) is 0 Å². The van der Waals surface area contributed by atoms with Gasteiger partial charge in [-0.2, -0.15) is 10.1 Å². The summed E-state index contributed by atoms with van der Waals surface area (Å²) in [6.45, 7) is 3.15. The predicted octanol–water partition coefficient (Wildman–Crippen LogP) is 1.91. The van der Waals surface area contributed by atoms with Crippen molar-refractivity contribution in [1.29, 1.82) is 0 Å². The van der Waals surface area contributed by atoms with Gasteiger partial charge in [0.15, 0.2) is 5.82 Å². The van der Waals surface area contributed by atoms with E-state index in [9.17, 15) is 4.79 Å². The van der Waals surface area contributed by atoms with Crippen molar-refractivity contribution in [1.82, 2.24) is 30.2 Å². The van der Waals surface area contributed by atoms with Crippen molar-refractivity contribution in [3.05, 3.63) is 59.8 Å². The van der Waals surface area contributed by atoms with Gasteiger partial charge in [-0.15, -0.1) is 0 Å². The van der Waals surface area contributed by atoms with Gasteiger partial charge in [0.1, 0.15) is 12.7 Å². The van der Waals surface area contributed by atoms with Crippen LogP contribution >= 0.6 is 0 Å². The van der Waals surface area contributed by atoms with E-state index in [0.717, 1.165) is 24.0 Å². The molecular weight excluding hydrogens is 332 g/mol. The number of benzene rings is 1. The lowest BCUT2D eigenvalue weighted by atomic mass is 10.1. The molecule has 136 valence electrons. The van der Waals surface area contributed by atoms with Crippen LogP contribution in [-0.2, 0) is 30.7 Å². The van der Waals surface area contributed by atoms with E-state index in [2.05, 4.69) is 32.5 Å². The van der Waals surface area contributed by atoms with Crippen molar-refractivity contribution in [3.8, 4) is 0 Å². The summed E-state index contributed by atoms with van der Waals surface area (Å²) in [4.78, 5) is 20.3. The molecule has 2 heterocycles. The number of nitrogens with zero attached hydrogens (tertiary/aromatic N) is 5. The standard InChI is InChI=1S/C18H22N6O2/c1-2-5-16-22-18(26-23-16)9-8-17(25)20-10-14-6-3-4-7-15(14)11-24-13-19-12-21-24/h3-4,6-7,12-13H,2,5,8-11H2,1H3,(H,20,25). The maximum absolute atomic E-state index is 12.1. The van der Waals surface area contributed by atoms with Crippen LogP contribution in [0.1, 0.15) is 42.6 Å². The fourth-order valence-corrected chi connectivity index (χ4v) is 2.59. The molecule has 0 unspecified atom stereocenters. The Balaban J connectivity index is 1.49. The van der Waals surface area contributed by atoms with Crippen LogP contribution in [0.25, 0.3) is 0 Å². The van der Waals surface area contributed by atoms with Gasteiger partial charge in [0, 0.05) is 25.8 Å². The normalized spacial score (nSPS) is 10.8. The first-order valence-corrected chi connectivity index (χ1v) is 8.72. The predicted molar refractivity (Wildman–Crippen MR) is 94.0 cm³/mol. The number of nitrogens with one attached hydrogen (secondary N) is 1. The summed E-state index contributed by atoms with van der Waals surface area (Å²) >= 11 is 0. The Morgan fingerprint density at radius 3 is 2.85 bits per heavy atom. The van der Waals surface area contributed by atoms with E-state index in [1.165, 1.54) is 6.33 Å². The quantitative estimate of drug-likeness (QED) is 0.630. The second-order valence-corrected chi connectivity index (χ2v) is 5.99. The molecule has 8 nitrogen and oxygen atoms in total. The first kappa shape index (κ1) is 17.8. The Hall–Kier alpha value is -3.03. The molecule has 0 aliphatic rings. The maximum Gasteiger partial charge on any atom is 0.227 e. The van der Waals surface area contributed by atoms with E-state index in [1.807, 2.05) is 24.3 Å². The zero-order chi connectivity index (χ0) is 18.2. The summed E-state index contributed by atoms with van der Waals surface area (Å²) in [6, 6.07) is 7.96. The minimum atomic E-state index is -0.0456. The van der Waals surface area contributed by atoms with Crippen LogP contribution in [0.2, 0.25) is 0 Å². The topological polar surface area (TPSA) is 98.7 Å². The molecule has 0 saturated heterocycles. The van der Waals surface area contributed by atoms with E-state index in [-0.39, 0.29) is 5.91 Å². The van der Waals surface area contributed by atoms with Crippen LogP contribution in [0.3, 0.4) is 0 Å².